The molecule has 1 amide bonds. The number of para-hydroxylation sites is 1. The zero-order valence-corrected chi connectivity index (χ0v) is 14.2. The van der Waals surface area contributed by atoms with Gasteiger partial charge in [0.1, 0.15) is 0 Å². The van der Waals surface area contributed by atoms with Gasteiger partial charge in [-0.15, -0.1) is 0 Å². The summed E-state index contributed by atoms with van der Waals surface area (Å²) in [5.74, 6) is 1.35. The number of fused-ring (bicyclic) bond motifs is 2. The van der Waals surface area contributed by atoms with Gasteiger partial charge in [0.2, 0.25) is 5.91 Å². The molecule has 3 saturated heterocycles. The molecule has 0 N–H and O–H groups in total. The normalized spacial score (nSPS) is 45.9. The van der Waals surface area contributed by atoms with Crippen LogP contribution >= 0.6 is 0 Å². The van der Waals surface area contributed by atoms with Crippen molar-refractivity contribution < 1.29 is 9.53 Å². The van der Waals surface area contributed by atoms with Crippen LogP contribution < -0.4 is 4.90 Å². The smallest absolute Gasteiger partial charge is 0.229 e. The quantitative estimate of drug-likeness (QED) is 0.681. The molecule has 4 nitrogen and oxygen atoms in total. The molecule has 1 spiro atoms. The number of hydrogen-bond acceptors (Lipinski definition) is 3. The maximum absolute atomic E-state index is 13.2. The molecular weight excluding hydrogens is 312 g/mol. The van der Waals surface area contributed by atoms with E-state index in [1.807, 2.05) is 0 Å². The van der Waals surface area contributed by atoms with E-state index in [1.165, 1.54) is 30.6 Å². The molecule has 4 heteroatoms. The van der Waals surface area contributed by atoms with E-state index in [0.717, 1.165) is 6.54 Å². The lowest BCUT2D eigenvalue weighted by atomic mass is 9.53. The lowest BCUT2D eigenvalue weighted by Gasteiger charge is -2.58. The Morgan fingerprint density at radius 2 is 2.16 bits per heavy atom. The average molecular weight is 334 g/mol. The highest BCUT2D eigenvalue weighted by Crippen LogP contribution is 2.65. The molecule has 0 radical (unpaired) electrons. The first kappa shape index (κ1) is 13.5. The summed E-state index contributed by atoms with van der Waals surface area (Å²) in [6.07, 6.45) is 5.43. The van der Waals surface area contributed by atoms with Crippen LogP contribution in [-0.4, -0.2) is 48.7 Å². The van der Waals surface area contributed by atoms with E-state index in [0.29, 0.717) is 36.9 Å². The summed E-state index contributed by atoms with van der Waals surface area (Å²) < 4.78 is 6.25. The van der Waals surface area contributed by atoms with Gasteiger partial charge in [0.15, 0.2) is 0 Å². The highest BCUT2D eigenvalue weighted by molar-refractivity contribution is 5.99. The molecule has 0 aromatic heterocycles. The van der Waals surface area contributed by atoms with Gasteiger partial charge in [0.25, 0.3) is 0 Å². The van der Waals surface area contributed by atoms with Gasteiger partial charge in [0.05, 0.1) is 25.2 Å². The Labute approximate surface area is 147 Å². The summed E-state index contributed by atoms with van der Waals surface area (Å²) in [4.78, 5) is 18.1. The van der Waals surface area contributed by atoms with Crippen LogP contribution in [0.4, 0.5) is 5.69 Å². The van der Waals surface area contributed by atoms with Gasteiger partial charge in [-0.25, -0.2) is 0 Å². The number of amides is 1. The van der Waals surface area contributed by atoms with E-state index in [4.69, 9.17) is 4.74 Å². The summed E-state index contributed by atoms with van der Waals surface area (Å²) in [7, 11) is 0. The number of carbonyl (C=O) groups is 1. The third-order valence-electron chi connectivity index (χ3n) is 8.22. The second kappa shape index (κ2) is 4.18. The van der Waals surface area contributed by atoms with Crippen molar-refractivity contribution in [3.63, 3.8) is 0 Å². The number of hydrogen-bond donors (Lipinski definition) is 0. The van der Waals surface area contributed by atoms with Gasteiger partial charge >= 0.3 is 0 Å². The Kier molecular flexibility index (Phi) is 2.27. The highest BCUT2D eigenvalue weighted by atomic mass is 16.5. The Balaban J connectivity index is 1.55. The predicted molar refractivity (Wildman–Crippen MR) is 93.4 cm³/mol. The molecule has 1 aromatic carbocycles. The first-order valence-electron chi connectivity index (χ1n) is 9.75. The molecule has 5 heterocycles. The molecule has 2 bridgehead atoms. The van der Waals surface area contributed by atoms with Crippen LogP contribution in [0.5, 0.6) is 0 Å². The first-order valence-corrected chi connectivity index (χ1v) is 9.75. The second-order valence-electron chi connectivity index (χ2n) is 8.78. The molecule has 6 aliphatic rings. The molecule has 1 aromatic rings. The molecule has 6 atom stereocenters. The molecular formula is C21H22N2O2. The number of benzene rings is 1. The molecule has 1 aliphatic carbocycles. The second-order valence-corrected chi connectivity index (χ2v) is 8.78. The minimum atomic E-state index is 0.104. The van der Waals surface area contributed by atoms with Crippen molar-refractivity contribution in [3.05, 3.63) is 41.5 Å². The number of anilines is 1. The lowest BCUT2D eigenvalue weighted by molar-refractivity contribution is -0.132. The van der Waals surface area contributed by atoms with Crippen molar-refractivity contribution in [2.45, 2.75) is 42.9 Å². The summed E-state index contributed by atoms with van der Waals surface area (Å²) in [5.41, 5.74) is 4.35. The van der Waals surface area contributed by atoms with Crippen LogP contribution in [0.2, 0.25) is 0 Å². The SMILES string of the molecule is O=C1C[C@@H]2OCC=C3CN4CC[C@@]56c7ccccc7N1[C@@H]5[C@H]2[C@H]3C[C@H]46. The van der Waals surface area contributed by atoms with Crippen LogP contribution in [0.1, 0.15) is 24.8 Å². The zero-order chi connectivity index (χ0) is 16.3. The van der Waals surface area contributed by atoms with Gasteiger partial charge in [-0.05, 0) is 36.9 Å². The van der Waals surface area contributed by atoms with Crippen molar-refractivity contribution in [1.82, 2.24) is 4.90 Å². The summed E-state index contributed by atoms with van der Waals surface area (Å²) in [6.45, 7) is 2.97. The fraction of sp³-hybridized carbons (Fsp3) is 0.571. The molecule has 25 heavy (non-hydrogen) atoms. The topological polar surface area (TPSA) is 32.8 Å². The molecule has 128 valence electrons. The fourth-order valence-corrected chi connectivity index (χ4v) is 7.51. The summed E-state index contributed by atoms with van der Waals surface area (Å²) in [5, 5.41) is 0. The maximum atomic E-state index is 13.2. The maximum Gasteiger partial charge on any atom is 0.229 e. The van der Waals surface area contributed by atoms with E-state index in [1.54, 1.807) is 5.57 Å². The summed E-state index contributed by atoms with van der Waals surface area (Å²) in [6, 6.07) is 9.64. The van der Waals surface area contributed by atoms with Crippen molar-refractivity contribution in [1.29, 1.82) is 0 Å². The monoisotopic (exact) mass is 334 g/mol. The van der Waals surface area contributed by atoms with Crippen molar-refractivity contribution in [3.8, 4) is 0 Å². The van der Waals surface area contributed by atoms with Crippen LogP contribution in [0.3, 0.4) is 0 Å². The van der Waals surface area contributed by atoms with Gasteiger partial charge in [-0.1, -0.05) is 29.8 Å². The Morgan fingerprint density at radius 3 is 3.12 bits per heavy atom. The van der Waals surface area contributed by atoms with Crippen LogP contribution in [0.25, 0.3) is 0 Å². The van der Waals surface area contributed by atoms with Gasteiger partial charge in [0, 0.05) is 29.6 Å². The van der Waals surface area contributed by atoms with Crippen LogP contribution in [-0.2, 0) is 14.9 Å². The number of carbonyl (C=O) groups excluding carboxylic acids is 1. The van der Waals surface area contributed by atoms with Gasteiger partial charge in [-0.2, -0.15) is 0 Å². The Hall–Kier alpha value is -1.65. The van der Waals surface area contributed by atoms with Crippen LogP contribution in [0.15, 0.2) is 35.9 Å². The average Bonchev–Trinajstić information content (AvgIpc) is 3.10. The minimum Gasteiger partial charge on any atom is -0.373 e. The number of piperidine rings is 2. The van der Waals surface area contributed by atoms with Crippen LogP contribution in [0, 0.1) is 11.8 Å². The largest absolute Gasteiger partial charge is 0.373 e. The Bertz CT molecular complexity index is 848. The molecule has 1 saturated carbocycles. The van der Waals surface area contributed by atoms with E-state index in [2.05, 4.69) is 40.1 Å². The lowest BCUT2D eigenvalue weighted by Crippen LogP contribution is -2.69. The molecule has 7 rings (SSSR count). The Morgan fingerprint density at radius 1 is 1.24 bits per heavy atom. The highest BCUT2D eigenvalue weighted by Gasteiger charge is 2.70. The van der Waals surface area contributed by atoms with E-state index < -0.39 is 0 Å². The predicted octanol–water partition coefficient (Wildman–Crippen LogP) is 2.09. The number of ether oxygens (including phenoxy) is 1. The first-order chi connectivity index (χ1) is 12.3. The van der Waals surface area contributed by atoms with E-state index in [-0.39, 0.29) is 17.4 Å². The van der Waals surface area contributed by atoms with Gasteiger partial charge < -0.3 is 9.64 Å². The number of nitrogens with zero attached hydrogens (tertiary/aromatic N) is 2. The third kappa shape index (κ3) is 1.33. The van der Waals surface area contributed by atoms with Crippen molar-refractivity contribution in [2.75, 3.05) is 24.6 Å². The van der Waals surface area contributed by atoms with E-state index >= 15 is 0 Å². The molecule has 4 fully saturated rings. The van der Waals surface area contributed by atoms with Gasteiger partial charge in [-0.3, -0.25) is 9.69 Å². The minimum absolute atomic E-state index is 0.104. The van der Waals surface area contributed by atoms with Crippen molar-refractivity contribution >= 4 is 11.6 Å². The fourth-order valence-electron chi connectivity index (χ4n) is 7.51. The zero-order valence-electron chi connectivity index (χ0n) is 14.2. The number of rotatable bonds is 0. The molecule has 5 aliphatic heterocycles. The van der Waals surface area contributed by atoms with E-state index in [9.17, 15) is 4.79 Å². The summed E-state index contributed by atoms with van der Waals surface area (Å²) >= 11 is 0. The standard InChI is InChI=1S/C21H22N2O2/c24-18-10-16-19-13-9-17-21(6-7-22(17)11-12(13)5-8-25-16)14-3-1-2-4-15(14)23(18)20(19)21/h1-5,13,16-17,19-20H,6-11H2/t13-,16-,17-,19-,20+,21-/m0/s1. The van der Waals surface area contributed by atoms with Crippen molar-refractivity contribution in [2.24, 2.45) is 11.8 Å². The third-order valence-corrected chi connectivity index (χ3v) is 8.22. The molecule has 0 unspecified atom stereocenters.